The lowest BCUT2D eigenvalue weighted by Crippen LogP contribution is -2.25. The molecule has 2 aromatic rings. The molecule has 0 radical (unpaired) electrons. The van der Waals surface area contributed by atoms with Gasteiger partial charge >= 0.3 is 0 Å². The second-order valence-electron chi connectivity index (χ2n) is 4.31. The number of nitrogens with one attached hydrogen (secondary N) is 1. The van der Waals surface area contributed by atoms with Crippen LogP contribution in [0.4, 0.5) is 10.1 Å². The fraction of sp³-hybridized carbons (Fsp3) is 0.154. The molecule has 0 saturated heterocycles. The minimum Gasteiger partial charge on any atom is -0.267 e. The fourth-order valence-electron chi connectivity index (χ4n) is 1.86. The molecule has 0 fully saturated rings. The molecule has 104 valence electrons. The maximum absolute atomic E-state index is 13.2. The van der Waals surface area contributed by atoms with E-state index in [0.717, 1.165) is 29.6 Å². The normalized spacial score (nSPS) is 10.3. The third kappa shape index (κ3) is 2.51. The van der Waals surface area contributed by atoms with Crippen molar-refractivity contribution in [3.63, 3.8) is 0 Å². The van der Waals surface area contributed by atoms with E-state index < -0.39 is 22.3 Å². The molecule has 6 nitrogen and oxygen atoms in total. The predicted octanol–water partition coefficient (Wildman–Crippen LogP) is 2.54. The molecule has 1 heterocycles. The number of nitro benzene ring substituents is 1. The number of halogens is 1. The quantitative estimate of drug-likeness (QED) is 0.691. The average Bonchev–Trinajstić information content (AvgIpc) is 2.70. The molecule has 1 N–H and O–H groups in total. The zero-order chi connectivity index (χ0) is 14.9. The van der Waals surface area contributed by atoms with Crippen molar-refractivity contribution in [3.8, 4) is 0 Å². The molecule has 0 unspecified atom stereocenters. The second-order valence-corrected chi connectivity index (χ2v) is 4.31. The third-order valence-electron chi connectivity index (χ3n) is 2.88. The van der Waals surface area contributed by atoms with E-state index in [-0.39, 0.29) is 5.56 Å². The Bertz CT molecular complexity index is 675. The molecule has 0 aliphatic heterocycles. The molecule has 7 heteroatoms. The molecule has 0 saturated carbocycles. The van der Waals surface area contributed by atoms with Crippen molar-refractivity contribution in [2.45, 2.75) is 13.8 Å². The minimum absolute atomic E-state index is 0.317. The lowest BCUT2D eigenvalue weighted by atomic mass is 10.1. The van der Waals surface area contributed by atoms with Crippen molar-refractivity contribution >= 4 is 11.6 Å². The molecular weight excluding hydrogens is 265 g/mol. The predicted molar refractivity (Wildman–Crippen MR) is 70.7 cm³/mol. The first-order chi connectivity index (χ1) is 9.40. The molecular formula is C13H12FN3O3. The molecule has 0 aliphatic rings. The highest BCUT2D eigenvalue weighted by atomic mass is 19.1. The number of benzene rings is 1. The first-order valence-corrected chi connectivity index (χ1v) is 5.80. The minimum atomic E-state index is -0.737. The van der Waals surface area contributed by atoms with E-state index in [0.29, 0.717) is 0 Å². The van der Waals surface area contributed by atoms with Gasteiger partial charge < -0.3 is 0 Å². The van der Waals surface area contributed by atoms with E-state index in [1.807, 2.05) is 0 Å². The number of aromatic nitrogens is 1. The summed E-state index contributed by atoms with van der Waals surface area (Å²) in [4.78, 5) is 22.2. The molecule has 20 heavy (non-hydrogen) atoms. The number of hydrogen-bond acceptors (Lipinski definition) is 3. The summed E-state index contributed by atoms with van der Waals surface area (Å²) in [6.07, 6.45) is 0. The maximum Gasteiger partial charge on any atom is 0.282 e. The largest absolute Gasteiger partial charge is 0.282 e. The molecule has 0 atom stereocenters. The van der Waals surface area contributed by atoms with Crippen LogP contribution < -0.4 is 5.43 Å². The highest BCUT2D eigenvalue weighted by molar-refractivity contribution is 6.03. The molecule has 1 aromatic heterocycles. The van der Waals surface area contributed by atoms with Gasteiger partial charge in [-0.2, -0.15) is 0 Å². The summed E-state index contributed by atoms with van der Waals surface area (Å²) in [5.74, 6) is -1.44. The number of rotatable bonds is 3. The molecule has 0 bridgehead atoms. The summed E-state index contributed by atoms with van der Waals surface area (Å²) in [5, 5.41) is 10.9. The van der Waals surface area contributed by atoms with Crippen molar-refractivity contribution in [1.29, 1.82) is 0 Å². The van der Waals surface area contributed by atoms with Gasteiger partial charge in [0, 0.05) is 17.5 Å². The lowest BCUT2D eigenvalue weighted by Gasteiger charge is -2.11. The van der Waals surface area contributed by atoms with Crippen molar-refractivity contribution in [2.75, 3.05) is 5.43 Å². The number of carbonyl (C=O) groups is 1. The van der Waals surface area contributed by atoms with Gasteiger partial charge in [-0.15, -0.1) is 0 Å². The zero-order valence-electron chi connectivity index (χ0n) is 10.9. The fourth-order valence-corrected chi connectivity index (χ4v) is 1.86. The number of aryl methyl sites for hydroxylation is 2. The number of carbonyl (C=O) groups excluding carboxylic acids is 1. The Balaban J connectivity index is 2.39. The van der Waals surface area contributed by atoms with Crippen LogP contribution in [0.15, 0.2) is 30.3 Å². The van der Waals surface area contributed by atoms with Crippen LogP contribution in [0.25, 0.3) is 0 Å². The van der Waals surface area contributed by atoms with Crippen molar-refractivity contribution in [2.24, 2.45) is 0 Å². The van der Waals surface area contributed by atoms with Crippen LogP contribution in [-0.4, -0.2) is 15.5 Å². The van der Waals surface area contributed by atoms with Gasteiger partial charge in [-0.3, -0.25) is 25.0 Å². The van der Waals surface area contributed by atoms with E-state index in [4.69, 9.17) is 0 Å². The SMILES string of the molecule is Cc1ccc(C)n1NC(=O)c1cc(F)ccc1[N+](=O)[O-]. The van der Waals surface area contributed by atoms with E-state index >= 15 is 0 Å². The Hall–Kier alpha value is -2.70. The van der Waals surface area contributed by atoms with Gasteiger partial charge in [0.25, 0.3) is 11.6 Å². The summed E-state index contributed by atoms with van der Waals surface area (Å²) in [6, 6.07) is 6.34. The highest BCUT2D eigenvalue weighted by Gasteiger charge is 2.21. The summed E-state index contributed by atoms with van der Waals surface area (Å²) < 4.78 is 14.7. The summed E-state index contributed by atoms with van der Waals surface area (Å²) in [6.45, 7) is 3.54. The standard InChI is InChI=1S/C13H12FN3O3/c1-8-3-4-9(2)16(8)15-13(18)11-7-10(14)5-6-12(11)17(19)20/h3-7H,1-2H3,(H,15,18). The Kier molecular flexibility index (Phi) is 3.51. The number of nitrogens with zero attached hydrogens (tertiary/aromatic N) is 2. The first-order valence-electron chi connectivity index (χ1n) is 5.80. The Morgan fingerprint density at radius 2 is 1.85 bits per heavy atom. The van der Waals surface area contributed by atoms with Crippen molar-refractivity contribution < 1.29 is 14.1 Å². The van der Waals surface area contributed by atoms with Gasteiger partial charge in [0.15, 0.2) is 0 Å². The van der Waals surface area contributed by atoms with Crippen LogP contribution in [-0.2, 0) is 0 Å². The maximum atomic E-state index is 13.2. The third-order valence-corrected chi connectivity index (χ3v) is 2.88. The Morgan fingerprint density at radius 3 is 2.40 bits per heavy atom. The highest BCUT2D eigenvalue weighted by Crippen LogP contribution is 2.20. The molecule has 1 aromatic carbocycles. The Morgan fingerprint density at radius 1 is 1.25 bits per heavy atom. The van der Waals surface area contributed by atoms with Gasteiger partial charge in [0.2, 0.25) is 0 Å². The van der Waals surface area contributed by atoms with Crippen LogP contribution in [0.3, 0.4) is 0 Å². The molecule has 0 aliphatic carbocycles. The number of hydrogen-bond donors (Lipinski definition) is 1. The molecule has 1 amide bonds. The Labute approximate surface area is 114 Å². The number of nitro groups is 1. The van der Waals surface area contributed by atoms with Gasteiger partial charge in [0.1, 0.15) is 11.4 Å². The second kappa shape index (κ2) is 5.12. The smallest absolute Gasteiger partial charge is 0.267 e. The first kappa shape index (κ1) is 13.7. The van der Waals surface area contributed by atoms with Crippen molar-refractivity contribution in [3.05, 3.63) is 63.2 Å². The van der Waals surface area contributed by atoms with E-state index in [2.05, 4.69) is 5.43 Å². The van der Waals surface area contributed by atoms with Gasteiger partial charge in [-0.1, -0.05) is 0 Å². The number of amides is 1. The van der Waals surface area contributed by atoms with Crippen LogP contribution in [0, 0.1) is 29.8 Å². The molecule has 2 rings (SSSR count). The monoisotopic (exact) mass is 277 g/mol. The summed E-state index contributed by atoms with van der Waals surface area (Å²) in [5.41, 5.74) is 3.27. The van der Waals surface area contributed by atoms with Gasteiger partial charge in [-0.25, -0.2) is 4.39 Å². The van der Waals surface area contributed by atoms with Crippen LogP contribution in [0.2, 0.25) is 0 Å². The van der Waals surface area contributed by atoms with Crippen molar-refractivity contribution in [1.82, 2.24) is 4.68 Å². The topological polar surface area (TPSA) is 77.2 Å². The van der Waals surface area contributed by atoms with Crippen LogP contribution >= 0.6 is 0 Å². The average molecular weight is 277 g/mol. The van der Waals surface area contributed by atoms with E-state index in [1.165, 1.54) is 4.68 Å². The van der Waals surface area contributed by atoms with Gasteiger partial charge in [-0.05, 0) is 38.1 Å². The summed E-state index contributed by atoms with van der Waals surface area (Å²) >= 11 is 0. The lowest BCUT2D eigenvalue weighted by molar-refractivity contribution is -0.385. The van der Waals surface area contributed by atoms with Gasteiger partial charge in [0.05, 0.1) is 4.92 Å². The van der Waals surface area contributed by atoms with E-state index in [9.17, 15) is 19.3 Å². The zero-order valence-corrected chi connectivity index (χ0v) is 10.9. The summed E-state index contributed by atoms with van der Waals surface area (Å²) in [7, 11) is 0. The van der Waals surface area contributed by atoms with Crippen LogP contribution in [0.5, 0.6) is 0 Å². The van der Waals surface area contributed by atoms with Crippen LogP contribution in [0.1, 0.15) is 21.7 Å². The molecule has 0 spiro atoms. The van der Waals surface area contributed by atoms with E-state index in [1.54, 1.807) is 26.0 Å².